The molecule has 0 radical (unpaired) electrons. The van der Waals surface area contributed by atoms with Crippen LogP contribution in [0.5, 0.6) is 0 Å². The number of nitrogens with one attached hydrogen (secondary N) is 1. The predicted molar refractivity (Wildman–Crippen MR) is 78.8 cm³/mol. The number of anilines is 2. The molecule has 21 heavy (non-hydrogen) atoms. The van der Waals surface area contributed by atoms with Gasteiger partial charge in [0.25, 0.3) is 0 Å². The van der Waals surface area contributed by atoms with E-state index in [1.165, 1.54) is 18.5 Å². The van der Waals surface area contributed by atoms with Crippen molar-refractivity contribution in [2.24, 2.45) is 0 Å². The molecule has 0 spiro atoms. The van der Waals surface area contributed by atoms with E-state index in [4.69, 9.17) is 5.11 Å². The summed E-state index contributed by atoms with van der Waals surface area (Å²) in [6.45, 7) is 1.91. The minimum Gasteiger partial charge on any atom is -0.478 e. The van der Waals surface area contributed by atoms with Crippen LogP contribution in [0.25, 0.3) is 10.9 Å². The molecule has 0 bridgehead atoms. The number of pyridine rings is 1. The summed E-state index contributed by atoms with van der Waals surface area (Å²) < 4.78 is 0. The molecule has 2 aromatic heterocycles. The Morgan fingerprint density at radius 2 is 2.00 bits per heavy atom. The van der Waals surface area contributed by atoms with E-state index >= 15 is 0 Å². The number of carbonyl (C=O) groups is 1. The Morgan fingerprint density at radius 1 is 1.14 bits per heavy atom. The third kappa shape index (κ3) is 2.64. The number of carboxylic acid groups (broad SMARTS) is 1. The van der Waals surface area contributed by atoms with Crippen LogP contribution in [0.4, 0.5) is 11.5 Å². The molecule has 6 nitrogen and oxygen atoms in total. The highest BCUT2D eigenvalue weighted by Gasteiger charge is 2.08. The average molecular weight is 280 g/mol. The molecule has 3 aromatic rings. The maximum atomic E-state index is 11.0. The van der Waals surface area contributed by atoms with Crippen LogP contribution in [0.15, 0.2) is 42.9 Å². The van der Waals surface area contributed by atoms with Gasteiger partial charge in [0.1, 0.15) is 12.1 Å². The topological polar surface area (TPSA) is 88.0 Å². The number of hydrogen-bond donors (Lipinski definition) is 2. The lowest BCUT2D eigenvalue weighted by Gasteiger charge is -2.08. The fourth-order valence-electron chi connectivity index (χ4n) is 1.97. The van der Waals surface area contributed by atoms with Gasteiger partial charge < -0.3 is 10.4 Å². The fraction of sp³-hybridized carbons (Fsp3) is 0.0667. The monoisotopic (exact) mass is 280 g/mol. The van der Waals surface area contributed by atoms with Gasteiger partial charge in [-0.25, -0.2) is 14.8 Å². The Balaban J connectivity index is 2.02. The second kappa shape index (κ2) is 5.16. The number of nitrogens with zero attached hydrogens (tertiary/aromatic N) is 3. The van der Waals surface area contributed by atoms with Crippen molar-refractivity contribution in [2.75, 3.05) is 5.32 Å². The van der Waals surface area contributed by atoms with E-state index in [1.54, 1.807) is 12.3 Å². The molecule has 2 heterocycles. The van der Waals surface area contributed by atoms with Gasteiger partial charge in [-0.2, -0.15) is 0 Å². The summed E-state index contributed by atoms with van der Waals surface area (Å²) in [4.78, 5) is 23.5. The molecule has 2 N–H and O–H groups in total. The number of fused-ring (bicyclic) bond motifs is 1. The fourth-order valence-corrected chi connectivity index (χ4v) is 1.97. The molecule has 0 amide bonds. The molecule has 0 saturated carbocycles. The number of aromatic carboxylic acids is 1. The number of rotatable bonds is 3. The second-order valence-corrected chi connectivity index (χ2v) is 4.57. The van der Waals surface area contributed by atoms with E-state index in [1.807, 2.05) is 19.1 Å². The van der Waals surface area contributed by atoms with E-state index in [2.05, 4.69) is 20.3 Å². The molecule has 104 valence electrons. The Labute approximate surface area is 120 Å². The summed E-state index contributed by atoms with van der Waals surface area (Å²) in [6, 6.07) is 8.56. The smallest absolute Gasteiger partial charge is 0.335 e. The van der Waals surface area contributed by atoms with E-state index in [9.17, 15) is 4.79 Å². The van der Waals surface area contributed by atoms with Gasteiger partial charge in [-0.05, 0) is 37.3 Å². The third-order valence-electron chi connectivity index (χ3n) is 3.06. The minimum absolute atomic E-state index is 0.198. The predicted octanol–water partition coefficient (Wildman–Crippen LogP) is 2.78. The van der Waals surface area contributed by atoms with Crippen molar-refractivity contribution in [3.8, 4) is 0 Å². The number of aryl methyl sites for hydroxylation is 1. The van der Waals surface area contributed by atoms with Crippen LogP contribution in [0.1, 0.15) is 16.1 Å². The third-order valence-corrected chi connectivity index (χ3v) is 3.06. The maximum Gasteiger partial charge on any atom is 0.335 e. The van der Waals surface area contributed by atoms with Gasteiger partial charge in [-0.15, -0.1) is 0 Å². The largest absolute Gasteiger partial charge is 0.478 e. The van der Waals surface area contributed by atoms with Gasteiger partial charge in [0.2, 0.25) is 0 Å². The van der Waals surface area contributed by atoms with E-state index in [0.717, 1.165) is 16.8 Å². The van der Waals surface area contributed by atoms with Gasteiger partial charge in [0.05, 0.1) is 23.0 Å². The molecule has 0 aliphatic heterocycles. The molecule has 0 saturated heterocycles. The van der Waals surface area contributed by atoms with E-state index in [-0.39, 0.29) is 5.56 Å². The van der Waals surface area contributed by atoms with Gasteiger partial charge in [0.15, 0.2) is 0 Å². The highest BCUT2D eigenvalue weighted by atomic mass is 16.4. The number of aromatic nitrogens is 3. The number of carboxylic acids is 1. The summed E-state index contributed by atoms with van der Waals surface area (Å²) in [5, 5.41) is 12.9. The molecule has 6 heteroatoms. The summed E-state index contributed by atoms with van der Waals surface area (Å²) >= 11 is 0. The molecule has 3 rings (SSSR count). The quantitative estimate of drug-likeness (QED) is 0.767. The Hall–Kier alpha value is -3.02. The van der Waals surface area contributed by atoms with Crippen molar-refractivity contribution < 1.29 is 9.90 Å². The lowest BCUT2D eigenvalue weighted by atomic mass is 10.1. The summed E-state index contributed by atoms with van der Waals surface area (Å²) in [6.07, 6.45) is 3.12. The first-order chi connectivity index (χ1) is 10.1. The molecule has 0 unspecified atom stereocenters. The summed E-state index contributed by atoms with van der Waals surface area (Å²) in [5.74, 6) is -0.365. The number of benzene rings is 1. The molecule has 0 atom stereocenters. The molecule has 1 aromatic carbocycles. The van der Waals surface area contributed by atoms with Crippen LogP contribution in [0.2, 0.25) is 0 Å². The van der Waals surface area contributed by atoms with Crippen molar-refractivity contribution >= 4 is 28.4 Å². The van der Waals surface area contributed by atoms with E-state index < -0.39 is 5.97 Å². The second-order valence-electron chi connectivity index (χ2n) is 4.57. The highest BCUT2D eigenvalue weighted by molar-refractivity contribution is 5.96. The molecular weight excluding hydrogens is 268 g/mol. The lowest BCUT2D eigenvalue weighted by Crippen LogP contribution is -1.99. The first-order valence-corrected chi connectivity index (χ1v) is 6.31. The Kier molecular flexibility index (Phi) is 3.19. The average Bonchev–Trinajstić information content (AvgIpc) is 2.49. The summed E-state index contributed by atoms with van der Waals surface area (Å²) in [7, 11) is 0. The van der Waals surface area contributed by atoms with Gasteiger partial charge in [0, 0.05) is 11.1 Å². The van der Waals surface area contributed by atoms with Crippen LogP contribution in [0.3, 0.4) is 0 Å². The first-order valence-electron chi connectivity index (χ1n) is 6.31. The van der Waals surface area contributed by atoms with Crippen molar-refractivity contribution in [1.29, 1.82) is 0 Å². The standard InChI is InChI=1S/C15H12N4O2/c1-9-2-4-11(7-16-9)19-14-12-5-3-10(15(20)21)6-13(12)17-8-18-14/h2-8H,1H3,(H,20,21)(H,17,18,19). The van der Waals surface area contributed by atoms with Crippen LogP contribution in [0, 0.1) is 6.92 Å². The van der Waals surface area contributed by atoms with Gasteiger partial charge in [-0.1, -0.05) is 0 Å². The van der Waals surface area contributed by atoms with Crippen molar-refractivity contribution in [3.63, 3.8) is 0 Å². The first kappa shape index (κ1) is 13.0. The lowest BCUT2D eigenvalue weighted by molar-refractivity contribution is 0.0697. The van der Waals surface area contributed by atoms with Crippen LogP contribution in [-0.2, 0) is 0 Å². The van der Waals surface area contributed by atoms with Crippen molar-refractivity contribution in [1.82, 2.24) is 15.0 Å². The molecule has 0 aliphatic carbocycles. The van der Waals surface area contributed by atoms with E-state index in [0.29, 0.717) is 11.3 Å². The van der Waals surface area contributed by atoms with Crippen LogP contribution < -0.4 is 5.32 Å². The Morgan fingerprint density at radius 3 is 2.71 bits per heavy atom. The van der Waals surface area contributed by atoms with Crippen molar-refractivity contribution in [3.05, 3.63) is 54.1 Å². The zero-order chi connectivity index (χ0) is 14.8. The zero-order valence-corrected chi connectivity index (χ0v) is 11.2. The summed E-state index contributed by atoms with van der Waals surface area (Å²) in [5.41, 5.74) is 2.51. The van der Waals surface area contributed by atoms with Crippen LogP contribution in [-0.4, -0.2) is 26.0 Å². The minimum atomic E-state index is -0.979. The number of hydrogen-bond acceptors (Lipinski definition) is 5. The van der Waals surface area contributed by atoms with Gasteiger partial charge in [-0.3, -0.25) is 4.98 Å². The molecular formula is C15H12N4O2. The molecule has 0 aliphatic rings. The van der Waals surface area contributed by atoms with Gasteiger partial charge >= 0.3 is 5.97 Å². The highest BCUT2D eigenvalue weighted by Crippen LogP contribution is 2.23. The Bertz CT molecular complexity index is 816. The van der Waals surface area contributed by atoms with Crippen LogP contribution >= 0.6 is 0 Å². The zero-order valence-electron chi connectivity index (χ0n) is 11.2. The normalized spacial score (nSPS) is 10.5. The molecule has 0 fully saturated rings. The maximum absolute atomic E-state index is 11.0. The SMILES string of the molecule is Cc1ccc(Nc2ncnc3cc(C(=O)O)ccc23)cn1. The van der Waals surface area contributed by atoms with Crippen molar-refractivity contribution in [2.45, 2.75) is 6.92 Å².